The van der Waals surface area contributed by atoms with Crippen molar-refractivity contribution in [1.82, 2.24) is 15.1 Å². The van der Waals surface area contributed by atoms with Gasteiger partial charge < -0.3 is 10.1 Å². The van der Waals surface area contributed by atoms with Crippen LogP contribution in [0.25, 0.3) is 0 Å². The van der Waals surface area contributed by atoms with Crippen molar-refractivity contribution < 1.29 is 4.74 Å². The molecule has 0 radical (unpaired) electrons. The zero-order valence-corrected chi connectivity index (χ0v) is 13.5. The molecule has 5 unspecified atom stereocenters. The van der Waals surface area contributed by atoms with E-state index >= 15 is 0 Å². The molecule has 1 saturated heterocycles. The summed E-state index contributed by atoms with van der Waals surface area (Å²) in [6, 6.07) is 0.334. The number of rotatable bonds is 6. The maximum atomic E-state index is 6.02. The van der Waals surface area contributed by atoms with Gasteiger partial charge in [0.25, 0.3) is 0 Å². The predicted octanol–water partition coefficient (Wildman–Crippen LogP) is 3.00. The monoisotopic (exact) mass is 279 g/mol. The van der Waals surface area contributed by atoms with Gasteiger partial charge in [-0.05, 0) is 32.7 Å². The van der Waals surface area contributed by atoms with Gasteiger partial charge in [0.2, 0.25) is 0 Å². The SMILES string of the molecule is CCCn1cc(C(NCC)C2C(C)OC(C)C2C)cn1. The molecule has 20 heavy (non-hydrogen) atoms. The molecule has 0 bridgehead atoms. The van der Waals surface area contributed by atoms with Crippen LogP contribution in [0.1, 0.15) is 52.6 Å². The van der Waals surface area contributed by atoms with Gasteiger partial charge in [-0.25, -0.2) is 0 Å². The summed E-state index contributed by atoms with van der Waals surface area (Å²) in [6.45, 7) is 13.0. The van der Waals surface area contributed by atoms with E-state index in [1.54, 1.807) is 0 Å². The summed E-state index contributed by atoms with van der Waals surface area (Å²) in [5.74, 6) is 1.06. The first-order valence-electron chi connectivity index (χ1n) is 7.99. The molecule has 114 valence electrons. The lowest BCUT2D eigenvalue weighted by molar-refractivity contribution is 0.0475. The van der Waals surface area contributed by atoms with Gasteiger partial charge in [0.1, 0.15) is 0 Å². The van der Waals surface area contributed by atoms with Crippen molar-refractivity contribution in [1.29, 1.82) is 0 Å². The van der Waals surface area contributed by atoms with Gasteiger partial charge in [-0.3, -0.25) is 4.68 Å². The van der Waals surface area contributed by atoms with E-state index < -0.39 is 0 Å². The largest absolute Gasteiger partial charge is 0.375 e. The smallest absolute Gasteiger partial charge is 0.0600 e. The molecule has 0 spiro atoms. The Kier molecular flexibility index (Phi) is 5.22. The van der Waals surface area contributed by atoms with E-state index in [0.717, 1.165) is 19.5 Å². The molecular formula is C16H29N3O. The minimum Gasteiger partial charge on any atom is -0.375 e. The number of ether oxygens (including phenoxy) is 1. The number of nitrogens with zero attached hydrogens (tertiary/aromatic N) is 2. The van der Waals surface area contributed by atoms with Crippen LogP contribution in [0, 0.1) is 11.8 Å². The third-order valence-electron chi connectivity index (χ3n) is 4.59. The Hall–Kier alpha value is -0.870. The molecule has 2 rings (SSSR count). The fraction of sp³-hybridized carbons (Fsp3) is 0.812. The number of hydrogen-bond donors (Lipinski definition) is 1. The summed E-state index contributed by atoms with van der Waals surface area (Å²) < 4.78 is 8.07. The highest BCUT2D eigenvalue weighted by molar-refractivity contribution is 5.14. The minimum absolute atomic E-state index is 0.290. The Bertz CT molecular complexity index is 418. The predicted molar refractivity (Wildman–Crippen MR) is 81.6 cm³/mol. The summed E-state index contributed by atoms with van der Waals surface area (Å²) in [7, 11) is 0. The van der Waals surface area contributed by atoms with Crippen molar-refractivity contribution in [2.45, 2.75) is 65.8 Å². The fourth-order valence-electron chi connectivity index (χ4n) is 3.46. The molecule has 5 atom stereocenters. The highest BCUT2D eigenvalue weighted by atomic mass is 16.5. The standard InChI is InChI=1S/C16H29N3O/c1-6-8-19-10-14(9-18-19)16(17-7-2)15-11(3)12(4)20-13(15)5/h9-13,15-17H,6-8H2,1-5H3. The fourth-order valence-corrected chi connectivity index (χ4v) is 3.46. The Morgan fingerprint density at radius 1 is 1.30 bits per heavy atom. The first-order valence-corrected chi connectivity index (χ1v) is 7.99. The number of hydrogen-bond acceptors (Lipinski definition) is 3. The van der Waals surface area contributed by atoms with Crippen molar-refractivity contribution in [2.75, 3.05) is 6.54 Å². The maximum Gasteiger partial charge on any atom is 0.0600 e. The first-order chi connectivity index (χ1) is 9.58. The summed E-state index contributed by atoms with van der Waals surface area (Å²) in [4.78, 5) is 0. The van der Waals surface area contributed by atoms with E-state index in [9.17, 15) is 0 Å². The molecular weight excluding hydrogens is 250 g/mol. The van der Waals surface area contributed by atoms with Crippen LogP contribution in [0.4, 0.5) is 0 Å². The van der Waals surface area contributed by atoms with Gasteiger partial charge in [-0.15, -0.1) is 0 Å². The van der Waals surface area contributed by atoms with Crippen LogP contribution in [0.3, 0.4) is 0 Å². The van der Waals surface area contributed by atoms with Crippen molar-refractivity contribution in [3.8, 4) is 0 Å². The van der Waals surface area contributed by atoms with Crippen molar-refractivity contribution in [2.24, 2.45) is 11.8 Å². The van der Waals surface area contributed by atoms with Gasteiger partial charge in [0, 0.05) is 30.3 Å². The molecule has 0 saturated carbocycles. The molecule has 1 aliphatic heterocycles. The molecule has 1 aromatic rings. The van der Waals surface area contributed by atoms with Crippen LogP contribution in [-0.4, -0.2) is 28.5 Å². The second-order valence-electron chi connectivity index (χ2n) is 6.05. The molecule has 2 heterocycles. The molecule has 1 fully saturated rings. The molecule has 1 aromatic heterocycles. The normalized spacial score (nSPS) is 31.6. The van der Waals surface area contributed by atoms with Crippen LogP contribution >= 0.6 is 0 Å². The zero-order chi connectivity index (χ0) is 14.7. The zero-order valence-electron chi connectivity index (χ0n) is 13.5. The molecule has 1 N–H and O–H groups in total. The first kappa shape index (κ1) is 15.5. The van der Waals surface area contributed by atoms with E-state index in [0.29, 0.717) is 30.1 Å². The third kappa shape index (κ3) is 3.07. The van der Waals surface area contributed by atoms with Gasteiger partial charge in [-0.1, -0.05) is 20.8 Å². The second kappa shape index (κ2) is 6.72. The van der Waals surface area contributed by atoms with E-state index in [1.165, 1.54) is 5.56 Å². The van der Waals surface area contributed by atoms with Crippen LogP contribution in [0.5, 0.6) is 0 Å². The lowest BCUT2D eigenvalue weighted by Crippen LogP contribution is -2.34. The Morgan fingerprint density at radius 2 is 2.05 bits per heavy atom. The maximum absolute atomic E-state index is 6.02. The average Bonchev–Trinajstić information content (AvgIpc) is 2.95. The Labute approximate surface area is 122 Å². The second-order valence-corrected chi connectivity index (χ2v) is 6.05. The van der Waals surface area contributed by atoms with Crippen LogP contribution in [0.15, 0.2) is 12.4 Å². The highest BCUT2D eigenvalue weighted by Gasteiger charge is 2.42. The summed E-state index contributed by atoms with van der Waals surface area (Å²) in [6.07, 6.45) is 5.95. The van der Waals surface area contributed by atoms with E-state index in [4.69, 9.17) is 4.74 Å². The molecule has 1 aliphatic rings. The van der Waals surface area contributed by atoms with E-state index in [-0.39, 0.29) is 0 Å². The number of nitrogens with one attached hydrogen (secondary N) is 1. The number of aryl methyl sites for hydroxylation is 1. The number of aromatic nitrogens is 2. The summed E-state index contributed by atoms with van der Waals surface area (Å²) in [5.41, 5.74) is 1.29. The van der Waals surface area contributed by atoms with Crippen LogP contribution in [-0.2, 0) is 11.3 Å². The quantitative estimate of drug-likeness (QED) is 0.870. The average molecular weight is 279 g/mol. The Morgan fingerprint density at radius 3 is 2.60 bits per heavy atom. The lowest BCUT2D eigenvalue weighted by Gasteiger charge is -2.29. The summed E-state index contributed by atoms with van der Waals surface area (Å²) in [5, 5.41) is 8.13. The Balaban J connectivity index is 2.21. The van der Waals surface area contributed by atoms with Gasteiger partial charge >= 0.3 is 0 Å². The molecule has 0 aromatic carbocycles. The van der Waals surface area contributed by atoms with Crippen molar-refractivity contribution in [3.63, 3.8) is 0 Å². The minimum atomic E-state index is 0.290. The van der Waals surface area contributed by atoms with Gasteiger partial charge in [-0.2, -0.15) is 5.10 Å². The molecule has 4 heteroatoms. The lowest BCUT2D eigenvalue weighted by atomic mass is 9.81. The van der Waals surface area contributed by atoms with Crippen LogP contribution < -0.4 is 5.32 Å². The van der Waals surface area contributed by atoms with E-state index in [1.807, 2.05) is 10.9 Å². The van der Waals surface area contributed by atoms with Crippen LogP contribution in [0.2, 0.25) is 0 Å². The molecule has 4 nitrogen and oxygen atoms in total. The molecule has 0 aliphatic carbocycles. The summed E-state index contributed by atoms with van der Waals surface area (Å²) >= 11 is 0. The van der Waals surface area contributed by atoms with Gasteiger partial charge in [0.15, 0.2) is 0 Å². The van der Waals surface area contributed by atoms with Crippen molar-refractivity contribution >= 4 is 0 Å². The van der Waals surface area contributed by atoms with Gasteiger partial charge in [0.05, 0.1) is 18.4 Å². The highest BCUT2D eigenvalue weighted by Crippen LogP contribution is 2.40. The topological polar surface area (TPSA) is 39.1 Å². The van der Waals surface area contributed by atoms with Crippen molar-refractivity contribution in [3.05, 3.63) is 18.0 Å². The third-order valence-corrected chi connectivity index (χ3v) is 4.59. The van der Waals surface area contributed by atoms with E-state index in [2.05, 4.69) is 51.2 Å². The molecule has 0 amide bonds.